The number of hydrogen-bond acceptors (Lipinski definition) is 5. The largest absolute Gasteiger partial charge is 0.346 e. The molecule has 0 bridgehead atoms. The van der Waals surface area contributed by atoms with Crippen molar-refractivity contribution in [1.29, 1.82) is 0 Å². The Balaban J connectivity index is 1.81. The zero-order chi connectivity index (χ0) is 12.8. The van der Waals surface area contributed by atoms with Gasteiger partial charge in [0.15, 0.2) is 5.13 Å². The molecule has 18 heavy (non-hydrogen) atoms. The van der Waals surface area contributed by atoms with E-state index in [0.29, 0.717) is 6.04 Å². The molecule has 1 aromatic heterocycles. The Morgan fingerprint density at radius 3 is 2.67 bits per heavy atom. The molecule has 2 rings (SSSR count). The van der Waals surface area contributed by atoms with Crippen molar-refractivity contribution in [3.63, 3.8) is 0 Å². The topological polar surface area (TPSA) is 31.4 Å². The fourth-order valence-electron chi connectivity index (χ4n) is 2.49. The molecule has 1 aliphatic rings. The van der Waals surface area contributed by atoms with Gasteiger partial charge in [0.05, 0.1) is 0 Å². The maximum atomic E-state index is 4.39. The first-order valence-corrected chi connectivity index (χ1v) is 7.82. The molecule has 0 aliphatic carbocycles. The molecule has 0 saturated carbocycles. The molecule has 0 aromatic carbocycles. The molecule has 1 saturated heterocycles. The molecule has 1 fully saturated rings. The lowest BCUT2D eigenvalue weighted by molar-refractivity contribution is 0.177. The van der Waals surface area contributed by atoms with E-state index in [1.54, 1.807) is 11.3 Å². The number of piperazine rings is 1. The van der Waals surface area contributed by atoms with Crippen LogP contribution in [0.2, 0.25) is 0 Å². The summed E-state index contributed by atoms with van der Waals surface area (Å²) < 4.78 is 0. The summed E-state index contributed by atoms with van der Waals surface area (Å²) in [5.74, 6) is 0. The average molecular weight is 268 g/mol. The van der Waals surface area contributed by atoms with Gasteiger partial charge in [-0.1, -0.05) is 13.8 Å². The lowest BCUT2D eigenvalue weighted by atomic mass is 10.1. The molecule has 1 aromatic rings. The third-order valence-corrected chi connectivity index (χ3v) is 4.45. The van der Waals surface area contributed by atoms with Gasteiger partial charge in [-0.25, -0.2) is 4.98 Å². The van der Waals surface area contributed by atoms with Gasteiger partial charge >= 0.3 is 0 Å². The lowest BCUT2D eigenvalue weighted by Crippen LogP contribution is -2.52. The SMILES string of the molecule is CCNCC(CC)N1CCN(c2nccs2)CC1. The van der Waals surface area contributed by atoms with Crippen molar-refractivity contribution >= 4 is 16.5 Å². The highest BCUT2D eigenvalue weighted by molar-refractivity contribution is 7.13. The van der Waals surface area contributed by atoms with Gasteiger partial charge in [-0.15, -0.1) is 11.3 Å². The van der Waals surface area contributed by atoms with Crippen LogP contribution in [0.25, 0.3) is 0 Å². The van der Waals surface area contributed by atoms with E-state index in [4.69, 9.17) is 0 Å². The van der Waals surface area contributed by atoms with Crippen molar-refractivity contribution in [2.45, 2.75) is 26.3 Å². The molecule has 0 spiro atoms. The summed E-state index contributed by atoms with van der Waals surface area (Å²) in [7, 11) is 0. The van der Waals surface area contributed by atoms with Gasteiger partial charge in [-0.2, -0.15) is 0 Å². The molecule has 1 N–H and O–H groups in total. The van der Waals surface area contributed by atoms with Crippen LogP contribution in [-0.2, 0) is 0 Å². The van der Waals surface area contributed by atoms with Crippen molar-refractivity contribution in [1.82, 2.24) is 15.2 Å². The van der Waals surface area contributed by atoms with E-state index in [1.807, 2.05) is 6.20 Å². The number of anilines is 1. The average Bonchev–Trinajstić information content (AvgIpc) is 2.94. The van der Waals surface area contributed by atoms with Crippen LogP contribution in [0.3, 0.4) is 0 Å². The zero-order valence-corrected chi connectivity index (χ0v) is 12.2. The van der Waals surface area contributed by atoms with Crippen molar-refractivity contribution < 1.29 is 0 Å². The summed E-state index contributed by atoms with van der Waals surface area (Å²) in [4.78, 5) is 9.41. The summed E-state index contributed by atoms with van der Waals surface area (Å²) >= 11 is 1.74. The first kappa shape index (κ1) is 13.8. The Morgan fingerprint density at radius 2 is 2.11 bits per heavy atom. The van der Waals surface area contributed by atoms with Crippen LogP contribution in [0.5, 0.6) is 0 Å². The van der Waals surface area contributed by atoms with Gasteiger partial charge in [-0.3, -0.25) is 4.90 Å². The Bertz CT molecular complexity index is 320. The van der Waals surface area contributed by atoms with Crippen molar-refractivity contribution in [2.75, 3.05) is 44.2 Å². The van der Waals surface area contributed by atoms with E-state index < -0.39 is 0 Å². The van der Waals surface area contributed by atoms with E-state index in [2.05, 4.69) is 39.3 Å². The van der Waals surface area contributed by atoms with Crippen LogP contribution in [-0.4, -0.2) is 55.2 Å². The zero-order valence-electron chi connectivity index (χ0n) is 11.4. The molecule has 1 atom stereocenters. The highest BCUT2D eigenvalue weighted by Crippen LogP contribution is 2.19. The van der Waals surface area contributed by atoms with Gasteiger partial charge in [0.2, 0.25) is 0 Å². The molecule has 2 heterocycles. The minimum absolute atomic E-state index is 0.684. The molecular weight excluding hydrogens is 244 g/mol. The molecule has 4 nitrogen and oxygen atoms in total. The number of nitrogens with zero attached hydrogens (tertiary/aromatic N) is 3. The molecule has 0 radical (unpaired) electrons. The van der Waals surface area contributed by atoms with E-state index in [0.717, 1.165) is 39.3 Å². The van der Waals surface area contributed by atoms with Crippen LogP contribution in [0.4, 0.5) is 5.13 Å². The monoisotopic (exact) mass is 268 g/mol. The minimum atomic E-state index is 0.684. The Labute approximate surface area is 114 Å². The molecule has 5 heteroatoms. The van der Waals surface area contributed by atoms with E-state index in [-0.39, 0.29) is 0 Å². The fourth-order valence-corrected chi connectivity index (χ4v) is 3.19. The molecule has 1 aliphatic heterocycles. The summed E-state index contributed by atoms with van der Waals surface area (Å²) in [6, 6.07) is 0.684. The molecule has 0 amide bonds. The van der Waals surface area contributed by atoms with Crippen molar-refractivity contribution in [3.8, 4) is 0 Å². The smallest absolute Gasteiger partial charge is 0.185 e. The number of thiazole rings is 1. The number of hydrogen-bond donors (Lipinski definition) is 1. The number of nitrogens with one attached hydrogen (secondary N) is 1. The van der Waals surface area contributed by atoms with Gasteiger partial charge in [0.25, 0.3) is 0 Å². The van der Waals surface area contributed by atoms with Crippen molar-refractivity contribution in [3.05, 3.63) is 11.6 Å². The summed E-state index contributed by atoms with van der Waals surface area (Å²) in [6.45, 7) is 11.2. The second-order valence-corrected chi connectivity index (χ2v) is 5.58. The normalized spacial score (nSPS) is 19.1. The van der Waals surface area contributed by atoms with Crippen LogP contribution in [0.15, 0.2) is 11.6 Å². The number of aromatic nitrogens is 1. The Hall–Kier alpha value is -0.650. The summed E-state index contributed by atoms with van der Waals surface area (Å²) in [5, 5.41) is 6.70. The van der Waals surface area contributed by atoms with Crippen LogP contribution in [0.1, 0.15) is 20.3 Å². The van der Waals surface area contributed by atoms with Gasteiger partial charge in [0, 0.05) is 50.3 Å². The summed E-state index contributed by atoms with van der Waals surface area (Å²) in [5.41, 5.74) is 0. The summed E-state index contributed by atoms with van der Waals surface area (Å²) in [6.07, 6.45) is 3.12. The first-order chi connectivity index (χ1) is 8.85. The second kappa shape index (κ2) is 7.07. The molecule has 102 valence electrons. The quantitative estimate of drug-likeness (QED) is 0.850. The third-order valence-electron chi connectivity index (χ3n) is 3.62. The predicted molar refractivity (Wildman–Crippen MR) is 78.5 cm³/mol. The lowest BCUT2D eigenvalue weighted by Gasteiger charge is -2.39. The minimum Gasteiger partial charge on any atom is -0.346 e. The van der Waals surface area contributed by atoms with E-state index in [1.165, 1.54) is 11.6 Å². The fraction of sp³-hybridized carbons (Fsp3) is 0.769. The highest BCUT2D eigenvalue weighted by atomic mass is 32.1. The highest BCUT2D eigenvalue weighted by Gasteiger charge is 2.23. The van der Waals surface area contributed by atoms with Crippen LogP contribution in [0, 0.1) is 0 Å². The van der Waals surface area contributed by atoms with Gasteiger partial charge in [0.1, 0.15) is 0 Å². The third kappa shape index (κ3) is 3.43. The molecular formula is C13H24N4S. The second-order valence-electron chi connectivity index (χ2n) is 4.71. The van der Waals surface area contributed by atoms with Gasteiger partial charge in [-0.05, 0) is 13.0 Å². The maximum absolute atomic E-state index is 4.39. The standard InChI is InChI=1S/C13H24N4S/c1-3-12(11-14-4-2)16-6-8-17(9-7-16)13-15-5-10-18-13/h5,10,12,14H,3-4,6-9,11H2,1-2H3. The van der Waals surface area contributed by atoms with E-state index >= 15 is 0 Å². The first-order valence-electron chi connectivity index (χ1n) is 6.94. The Morgan fingerprint density at radius 1 is 1.33 bits per heavy atom. The van der Waals surface area contributed by atoms with Crippen LogP contribution >= 0.6 is 11.3 Å². The van der Waals surface area contributed by atoms with Gasteiger partial charge < -0.3 is 10.2 Å². The Kier molecular flexibility index (Phi) is 5.41. The predicted octanol–water partition coefficient (Wildman–Crippen LogP) is 1.65. The van der Waals surface area contributed by atoms with Crippen LogP contribution < -0.4 is 10.2 Å². The maximum Gasteiger partial charge on any atom is 0.185 e. The van der Waals surface area contributed by atoms with E-state index in [9.17, 15) is 0 Å². The number of rotatable bonds is 6. The number of likely N-dealkylation sites (N-methyl/N-ethyl adjacent to an activating group) is 1. The molecule has 1 unspecified atom stereocenters. The van der Waals surface area contributed by atoms with Crippen molar-refractivity contribution in [2.24, 2.45) is 0 Å².